The van der Waals surface area contributed by atoms with Crippen LogP contribution >= 0.6 is 0 Å². The number of carbonyl (C=O) groups excluding carboxylic acids is 1. The second-order valence-electron chi connectivity index (χ2n) is 6.78. The lowest BCUT2D eigenvalue weighted by atomic mass is 10.0. The van der Waals surface area contributed by atoms with E-state index in [1.54, 1.807) is 30.3 Å². The van der Waals surface area contributed by atoms with Crippen molar-refractivity contribution in [3.8, 4) is 0 Å². The van der Waals surface area contributed by atoms with E-state index in [1.165, 1.54) is 0 Å². The lowest BCUT2D eigenvalue weighted by Gasteiger charge is -2.35. The number of likely N-dealkylation sites (tertiary alicyclic amines) is 1. The number of nitrogens with one attached hydrogen (secondary N) is 2. The molecule has 1 heterocycles. The lowest BCUT2D eigenvalue weighted by Crippen LogP contribution is -2.50. The van der Waals surface area contributed by atoms with E-state index in [1.807, 2.05) is 37.3 Å². The molecular formula is C20H25N3O3S. The molecule has 27 heavy (non-hydrogen) atoms. The Bertz CT molecular complexity index is 849. The van der Waals surface area contributed by atoms with E-state index in [9.17, 15) is 13.2 Å². The molecule has 1 saturated heterocycles. The van der Waals surface area contributed by atoms with Gasteiger partial charge in [-0.1, -0.05) is 36.4 Å². The van der Waals surface area contributed by atoms with Crippen LogP contribution in [0.25, 0.3) is 0 Å². The third-order valence-corrected chi connectivity index (χ3v) is 6.41. The molecule has 0 bridgehead atoms. The number of hydrogen-bond donors (Lipinski definition) is 2. The van der Waals surface area contributed by atoms with Crippen molar-refractivity contribution < 1.29 is 13.2 Å². The number of rotatable bonds is 6. The summed E-state index contributed by atoms with van der Waals surface area (Å²) < 4.78 is 27.7. The molecule has 0 spiro atoms. The van der Waals surface area contributed by atoms with Gasteiger partial charge >= 0.3 is 0 Å². The van der Waals surface area contributed by atoms with E-state index in [4.69, 9.17) is 0 Å². The smallest absolute Gasteiger partial charge is 0.241 e. The first kappa shape index (κ1) is 19.5. The Hall–Kier alpha value is -2.22. The van der Waals surface area contributed by atoms with E-state index < -0.39 is 10.0 Å². The summed E-state index contributed by atoms with van der Waals surface area (Å²) in [6, 6.07) is 17.4. The quantitative estimate of drug-likeness (QED) is 0.798. The van der Waals surface area contributed by atoms with Crippen LogP contribution in [0.1, 0.15) is 19.8 Å². The van der Waals surface area contributed by atoms with Gasteiger partial charge in [-0.15, -0.1) is 0 Å². The van der Waals surface area contributed by atoms with Gasteiger partial charge in [0.2, 0.25) is 15.9 Å². The third-order valence-electron chi connectivity index (χ3n) is 4.87. The summed E-state index contributed by atoms with van der Waals surface area (Å²) in [5, 5.41) is 2.92. The molecule has 1 aliphatic heterocycles. The molecule has 3 rings (SSSR count). The van der Waals surface area contributed by atoms with E-state index in [2.05, 4.69) is 14.9 Å². The molecule has 1 unspecified atom stereocenters. The summed E-state index contributed by atoms with van der Waals surface area (Å²) in [6.07, 6.45) is 1.35. The molecule has 0 saturated carbocycles. The van der Waals surface area contributed by atoms with Gasteiger partial charge in [-0.3, -0.25) is 9.69 Å². The Labute approximate surface area is 160 Å². The summed E-state index contributed by atoms with van der Waals surface area (Å²) in [4.78, 5) is 14.8. The van der Waals surface area contributed by atoms with Gasteiger partial charge in [0.25, 0.3) is 0 Å². The molecule has 144 valence electrons. The Morgan fingerprint density at radius 1 is 1.00 bits per heavy atom. The van der Waals surface area contributed by atoms with Crippen molar-refractivity contribution in [2.75, 3.05) is 18.4 Å². The van der Waals surface area contributed by atoms with E-state index in [0.29, 0.717) is 25.9 Å². The van der Waals surface area contributed by atoms with Gasteiger partial charge in [0.1, 0.15) is 0 Å². The van der Waals surface area contributed by atoms with Crippen molar-refractivity contribution in [2.24, 2.45) is 0 Å². The fourth-order valence-electron chi connectivity index (χ4n) is 3.23. The molecule has 6 nitrogen and oxygen atoms in total. The molecule has 2 N–H and O–H groups in total. The molecule has 0 aliphatic carbocycles. The van der Waals surface area contributed by atoms with Crippen LogP contribution in [-0.2, 0) is 14.8 Å². The fraction of sp³-hybridized carbons (Fsp3) is 0.350. The maximum atomic E-state index is 12.4. The number of hydrogen-bond acceptors (Lipinski definition) is 4. The van der Waals surface area contributed by atoms with Crippen LogP contribution in [0.2, 0.25) is 0 Å². The highest BCUT2D eigenvalue weighted by atomic mass is 32.2. The van der Waals surface area contributed by atoms with Crippen LogP contribution in [0.15, 0.2) is 65.6 Å². The maximum Gasteiger partial charge on any atom is 0.241 e. The lowest BCUT2D eigenvalue weighted by molar-refractivity contribution is -0.121. The first-order valence-electron chi connectivity index (χ1n) is 9.13. The predicted octanol–water partition coefficient (Wildman–Crippen LogP) is 2.46. The largest absolute Gasteiger partial charge is 0.325 e. The van der Waals surface area contributed by atoms with E-state index in [0.717, 1.165) is 5.69 Å². The minimum Gasteiger partial charge on any atom is -0.325 e. The average molecular weight is 388 g/mol. The average Bonchev–Trinajstić information content (AvgIpc) is 2.69. The van der Waals surface area contributed by atoms with Gasteiger partial charge in [-0.2, -0.15) is 0 Å². The monoisotopic (exact) mass is 387 g/mol. The summed E-state index contributed by atoms with van der Waals surface area (Å²) in [7, 11) is -3.50. The second kappa shape index (κ2) is 8.65. The zero-order valence-electron chi connectivity index (χ0n) is 15.3. The molecule has 2 aromatic rings. The van der Waals surface area contributed by atoms with Crippen LogP contribution in [0.5, 0.6) is 0 Å². The molecule has 1 fully saturated rings. The van der Waals surface area contributed by atoms with Crippen molar-refractivity contribution >= 4 is 21.6 Å². The maximum absolute atomic E-state index is 12.4. The van der Waals surface area contributed by atoms with Gasteiger partial charge in [0.15, 0.2) is 0 Å². The predicted molar refractivity (Wildman–Crippen MR) is 106 cm³/mol. The van der Waals surface area contributed by atoms with Crippen molar-refractivity contribution in [2.45, 2.75) is 36.7 Å². The molecule has 0 aromatic heterocycles. The van der Waals surface area contributed by atoms with Crippen LogP contribution in [0.4, 0.5) is 5.69 Å². The summed E-state index contributed by atoms with van der Waals surface area (Å²) in [6.45, 7) is 3.23. The van der Waals surface area contributed by atoms with E-state index >= 15 is 0 Å². The first-order chi connectivity index (χ1) is 13.0. The molecular weight excluding hydrogens is 362 g/mol. The SMILES string of the molecule is CC(C(=O)Nc1ccccc1)N1CCC(NS(=O)(=O)c2ccccc2)CC1. The molecule has 1 amide bonds. The van der Waals surface area contributed by atoms with Crippen molar-refractivity contribution in [1.82, 2.24) is 9.62 Å². The number of carbonyl (C=O) groups is 1. The van der Waals surface area contributed by atoms with Gasteiger partial charge in [-0.25, -0.2) is 13.1 Å². The molecule has 7 heteroatoms. The summed E-state index contributed by atoms with van der Waals surface area (Å²) in [5.41, 5.74) is 0.778. The van der Waals surface area contributed by atoms with Crippen LogP contribution in [0, 0.1) is 0 Å². The Morgan fingerprint density at radius 3 is 2.15 bits per heavy atom. The van der Waals surface area contributed by atoms with Crippen molar-refractivity contribution in [3.63, 3.8) is 0 Å². The Kier molecular flexibility index (Phi) is 6.26. The van der Waals surface area contributed by atoms with Gasteiger partial charge in [-0.05, 0) is 44.0 Å². The number of benzene rings is 2. The van der Waals surface area contributed by atoms with Gasteiger partial charge in [0.05, 0.1) is 10.9 Å². The van der Waals surface area contributed by atoms with E-state index in [-0.39, 0.29) is 22.9 Å². The van der Waals surface area contributed by atoms with Gasteiger partial charge < -0.3 is 5.32 Å². The zero-order chi connectivity index (χ0) is 19.3. The normalized spacial score (nSPS) is 17.4. The highest BCUT2D eigenvalue weighted by Crippen LogP contribution is 2.17. The third kappa shape index (κ3) is 5.15. The van der Waals surface area contributed by atoms with Gasteiger partial charge in [0, 0.05) is 24.8 Å². The topological polar surface area (TPSA) is 78.5 Å². The molecule has 0 radical (unpaired) electrons. The number of nitrogens with zero attached hydrogens (tertiary/aromatic N) is 1. The Balaban J connectivity index is 1.52. The molecule has 2 aromatic carbocycles. The standard InChI is InChI=1S/C20H25N3O3S/c1-16(20(24)21-17-8-4-2-5-9-17)23-14-12-18(13-15-23)22-27(25,26)19-10-6-3-7-11-19/h2-11,16,18,22H,12-15H2,1H3,(H,21,24). The van der Waals surface area contributed by atoms with Crippen LogP contribution in [0.3, 0.4) is 0 Å². The van der Waals surface area contributed by atoms with Crippen LogP contribution in [-0.4, -0.2) is 44.4 Å². The minimum atomic E-state index is -3.50. The number of sulfonamides is 1. The summed E-state index contributed by atoms with van der Waals surface area (Å²) in [5.74, 6) is -0.0514. The number of amides is 1. The van der Waals surface area contributed by atoms with Crippen molar-refractivity contribution in [1.29, 1.82) is 0 Å². The highest BCUT2D eigenvalue weighted by molar-refractivity contribution is 7.89. The highest BCUT2D eigenvalue weighted by Gasteiger charge is 2.29. The number of para-hydroxylation sites is 1. The van der Waals surface area contributed by atoms with Crippen molar-refractivity contribution in [3.05, 3.63) is 60.7 Å². The van der Waals surface area contributed by atoms with Crippen LogP contribution < -0.4 is 10.0 Å². The first-order valence-corrected chi connectivity index (χ1v) is 10.6. The number of anilines is 1. The molecule has 1 atom stereocenters. The number of piperidine rings is 1. The fourth-order valence-corrected chi connectivity index (χ4v) is 4.55. The Morgan fingerprint density at radius 2 is 1.56 bits per heavy atom. The molecule has 1 aliphatic rings. The minimum absolute atomic E-state index is 0.0514. The summed E-state index contributed by atoms with van der Waals surface area (Å²) >= 11 is 0. The second-order valence-corrected chi connectivity index (χ2v) is 8.49. The zero-order valence-corrected chi connectivity index (χ0v) is 16.2.